The number of halogens is 1. The maximum absolute atomic E-state index is 4.64. The molecule has 0 unspecified atom stereocenters. The summed E-state index contributed by atoms with van der Waals surface area (Å²) in [7, 11) is 0. The van der Waals surface area contributed by atoms with E-state index in [2.05, 4.69) is 60.1 Å². The quantitative estimate of drug-likeness (QED) is 0.252. The molecule has 2 N–H and O–H groups in total. The van der Waals surface area contributed by atoms with Gasteiger partial charge in [0.1, 0.15) is 0 Å². The summed E-state index contributed by atoms with van der Waals surface area (Å²) in [5.74, 6) is 0.888. The molecule has 1 rings (SSSR count). The molecule has 0 aromatic carbocycles. The smallest absolute Gasteiger partial charge is 0.191 e. The fourth-order valence-electron chi connectivity index (χ4n) is 2.56. The van der Waals surface area contributed by atoms with E-state index in [1.165, 1.54) is 4.88 Å². The van der Waals surface area contributed by atoms with Gasteiger partial charge in [-0.2, -0.15) is 0 Å². The lowest BCUT2D eigenvalue weighted by Gasteiger charge is -2.30. The SMILES string of the molecule is CCNC(=NCc1cnc(C)s1)NCCCN(C(C)C)C(C)C.I. The van der Waals surface area contributed by atoms with Gasteiger partial charge in [-0.25, -0.2) is 9.98 Å². The zero-order valence-electron chi connectivity index (χ0n) is 15.9. The van der Waals surface area contributed by atoms with Gasteiger partial charge >= 0.3 is 0 Å². The first kappa shape index (κ1) is 23.6. The van der Waals surface area contributed by atoms with Crippen molar-refractivity contribution in [3.8, 4) is 0 Å². The number of guanidine groups is 1. The maximum Gasteiger partial charge on any atom is 0.191 e. The van der Waals surface area contributed by atoms with Gasteiger partial charge in [-0.05, 0) is 48.0 Å². The summed E-state index contributed by atoms with van der Waals surface area (Å²) in [4.78, 5) is 12.6. The van der Waals surface area contributed by atoms with Crippen LogP contribution >= 0.6 is 35.3 Å². The van der Waals surface area contributed by atoms with E-state index < -0.39 is 0 Å². The van der Waals surface area contributed by atoms with Crippen molar-refractivity contribution < 1.29 is 0 Å². The van der Waals surface area contributed by atoms with Gasteiger partial charge < -0.3 is 10.6 Å². The van der Waals surface area contributed by atoms with Crippen molar-refractivity contribution >= 4 is 41.3 Å². The second-order valence-electron chi connectivity index (χ2n) is 6.25. The van der Waals surface area contributed by atoms with Crippen LogP contribution < -0.4 is 10.6 Å². The number of aromatic nitrogens is 1. The highest BCUT2D eigenvalue weighted by Crippen LogP contribution is 2.12. The van der Waals surface area contributed by atoms with Crippen LogP contribution in [0.1, 0.15) is 50.9 Å². The molecular weight excluding hydrogens is 433 g/mol. The number of aliphatic imine (C=N–C) groups is 1. The molecule has 0 aliphatic heterocycles. The average molecular weight is 467 g/mol. The number of nitrogens with one attached hydrogen (secondary N) is 2. The van der Waals surface area contributed by atoms with Gasteiger partial charge in [-0.15, -0.1) is 35.3 Å². The average Bonchev–Trinajstić information content (AvgIpc) is 2.89. The molecule has 1 aromatic rings. The lowest BCUT2D eigenvalue weighted by atomic mass is 10.2. The number of nitrogens with zero attached hydrogens (tertiary/aromatic N) is 3. The zero-order chi connectivity index (χ0) is 17.2. The van der Waals surface area contributed by atoms with Crippen LogP contribution in [0.5, 0.6) is 0 Å². The molecule has 24 heavy (non-hydrogen) atoms. The first-order valence-corrected chi connectivity index (χ1v) is 9.44. The minimum Gasteiger partial charge on any atom is -0.357 e. The molecule has 0 spiro atoms. The monoisotopic (exact) mass is 467 g/mol. The number of hydrogen-bond acceptors (Lipinski definition) is 4. The van der Waals surface area contributed by atoms with Crippen molar-refractivity contribution in [3.63, 3.8) is 0 Å². The van der Waals surface area contributed by atoms with Crippen LogP contribution in [-0.4, -0.2) is 47.6 Å². The molecule has 0 bridgehead atoms. The van der Waals surface area contributed by atoms with Gasteiger partial charge in [0.2, 0.25) is 0 Å². The van der Waals surface area contributed by atoms with E-state index in [9.17, 15) is 0 Å². The van der Waals surface area contributed by atoms with E-state index in [1.807, 2.05) is 13.1 Å². The Labute approximate surface area is 168 Å². The van der Waals surface area contributed by atoms with Crippen molar-refractivity contribution in [3.05, 3.63) is 16.1 Å². The summed E-state index contributed by atoms with van der Waals surface area (Å²) in [6.07, 6.45) is 3.02. The highest BCUT2D eigenvalue weighted by molar-refractivity contribution is 14.0. The predicted octanol–water partition coefficient (Wildman–Crippen LogP) is 3.63. The summed E-state index contributed by atoms with van der Waals surface area (Å²) >= 11 is 1.71. The minimum atomic E-state index is 0. The molecule has 1 aromatic heterocycles. The highest BCUT2D eigenvalue weighted by atomic mass is 127. The Bertz CT molecular complexity index is 465. The van der Waals surface area contributed by atoms with Crippen molar-refractivity contribution in [1.29, 1.82) is 0 Å². The predicted molar refractivity (Wildman–Crippen MR) is 117 cm³/mol. The van der Waals surface area contributed by atoms with Crippen LogP contribution in [0.3, 0.4) is 0 Å². The number of hydrogen-bond donors (Lipinski definition) is 2. The molecule has 0 amide bonds. The van der Waals surface area contributed by atoms with Gasteiger partial charge in [0.15, 0.2) is 5.96 Å². The Morgan fingerprint density at radius 3 is 2.42 bits per heavy atom. The lowest BCUT2D eigenvalue weighted by Crippen LogP contribution is -2.41. The van der Waals surface area contributed by atoms with Crippen LogP contribution in [0.4, 0.5) is 0 Å². The zero-order valence-corrected chi connectivity index (χ0v) is 19.1. The summed E-state index contributed by atoms with van der Waals surface area (Å²) in [5.41, 5.74) is 0. The number of thiazole rings is 1. The molecule has 1 heterocycles. The summed E-state index contributed by atoms with van der Waals surface area (Å²) in [6, 6.07) is 1.18. The fraction of sp³-hybridized carbons (Fsp3) is 0.765. The molecule has 0 radical (unpaired) electrons. The standard InChI is InChI=1S/C17H33N5S.HI/c1-7-18-17(21-12-16-11-20-15(6)23-16)19-9-8-10-22(13(2)3)14(4)5;/h11,13-14H,7-10,12H2,1-6H3,(H2,18,19,21);1H. The molecule has 0 saturated heterocycles. The second-order valence-corrected chi connectivity index (χ2v) is 7.57. The van der Waals surface area contributed by atoms with Crippen LogP contribution in [0, 0.1) is 6.92 Å². The van der Waals surface area contributed by atoms with Crippen LogP contribution in [0.25, 0.3) is 0 Å². The molecule has 0 saturated carbocycles. The first-order valence-electron chi connectivity index (χ1n) is 8.63. The van der Waals surface area contributed by atoms with Gasteiger partial charge in [-0.3, -0.25) is 4.90 Å². The van der Waals surface area contributed by atoms with E-state index in [4.69, 9.17) is 0 Å². The third kappa shape index (κ3) is 9.17. The van der Waals surface area contributed by atoms with E-state index >= 15 is 0 Å². The number of rotatable bonds is 9. The molecule has 0 aliphatic rings. The topological polar surface area (TPSA) is 52.6 Å². The van der Waals surface area contributed by atoms with E-state index in [0.717, 1.165) is 37.0 Å². The largest absolute Gasteiger partial charge is 0.357 e. The molecule has 0 aliphatic carbocycles. The van der Waals surface area contributed by atoms with E-state index in [0.29, 0.717) is 18.6 Å². The Kier molecular flexibility index (Phi) is 12.7. The minimum absolute atomic E-state index is 0. The molecular formula is C17H34IN5S. The first-order chi connectivity index (χ1) is 10.9. The van der Waals surface area contributed by atoms with Gasteiger partial charge in [0.05, 0.1) is 11.6 Å². The number of aryl methyl sites for hydroxylation is 1. The fourth-order valence-corrected chi connectivity index (χ4v) is 3.28. The van der Waals surface area contributed by atoms with Crippen molar-refractivity contribution in [2.75, 3.05) is 19.6 Å². The van der Waals surface area contributed by atoms with E-state index in [1.54, 1.807) is 11.3 Å². The van der Waals surface area contributed by atoms with Gasteiger partial charge in [0, 0.05) is 42.8 Å². The van der Waals surface area contributed by atoms with Crippen LogP contribution in [0.2, 0.25) is 0 Å². The van der Waals surface area contributed by atoms with Crippen molar-refractivity contribution in [1.82, 2.24) is 20.5 Å². The Balaban J connectivity index is 0.00000529. The molecule has 140 valence electrons. The van der Waals surface area contributed by atoms with Gasteiger partial charge in [0.25, 0.3) is 0 Å². The Hall–Kier alpha value is -0.410. The molecule has 5 nitrogen and oxygen atoms in total. The highest BCUT2D eigenvalue weighted by Gasteiger charge is 2.12. The third-order valence-electron chi connectivity index (χ3n) is 3.62. The summed E-state index contributed by atoms with van der Waals surface area (Å²) < 4.78 is 0. The molecule has 0 fully saturated rings. The Morgan fingerprint density at radius 1 is 1.25 bits per heavy atom. The lowest BCUT2D eigenvalue weighted by molar-refractivity contribution is 0.173. The van der Waals surface area contributed by atoms with Crippen LogP contribution in [-0.2, 0) is 6.54 Å². The van der Waals surface area contributed by atoms with Crippen molar-refractivity contribution in [2.24, 2.45) is 4.99 Å². The summed E-state index contributed by atoms with van der Waals surface area (Å²) in [6.45, 7) is 16.8. The summed E-state index contributed by atoms with van der Waals surface area (Å²) in [5, 5.41) is 7.82. The molecule has 7 heteroatoms. The third-order valence-corrected chi connectivity index (χ3v) is 4.52. The molecule has 0 atom stereocenters. The van der Waals surface area contributed by atoms with E-state index in [-0.39, 0.29) is 24.0 Å². The maximum atomic E-state index is 4.64. The Morgan fingerprint density at radius 2 is 1.92 bits per heavy atom. The van der Waals surface area contributed by atoms with Crippen molar-refractivity contribution in [2.45, 2.75) is 66.6 Å². The van der Waals surface area contributed by atoms with Gasteiger partial charge in [-0.1, -0.05) is 0 Å². The normalized spacial score (nSPS) is 12.0. The van der Waals surface area contributed by atoms with Crippen LogP contribution in [0.15, 0.2) is 11.2 Å². The second kappa shape index (κ2) is 12.9.